The van der Waals surface area contributed by atoms with Gasteiger partial charge in [0, 0.05) is 13.1 Å². The summed E-state index contributed by atoms with van der Waals surface area (Å²) in [5, 5.41) is 18.3. The Balaban J connectivity index is 2.16. The lowest BCUT2D eigenvalue weighted by atomic mass is 10.0. The van der Waals surface area contributed by atoms with Crippen molar-refractivity contribution in [2.24, 2.45) is 33.8 Å². The number of amides is 5. The van der Waals surface area contributed by atoms with Crippen LogP contribution in [-0.4, -0.2) is 94.9 Å². The first-order chi connectivity index (χ1) is 21.2. The highest BCUT2D eigenvalue weighted by Crippen LogP contribution is 2.20. The molecule has 45 heavy (non-hydrogen) atoms. The highest BCUT2D eigenvalue weighted by molar-refractivity contribution is 5.96. The van der Waals surface area contributed by atoms with E-state index >= 15 is 0 Å². The van der Waals surface area contributed by atoms with Crippen molar-refractivity contribution < 1.29 is 29.1 Å². The number of nitrogens with two attached hydrogens (primary N) is 4. The molecule has 0 radical (unpaired) electrons. The van der Waals surface area contributed by atoms with Crippen molar-refractivity contribution in [3.63, 3.8) is 0 Å². The summed E-state index contributed by atoms with van der Waals surface area (Å²) in [6.07, 6.45) is 0.491. The zero-order valence-electron chi connectivity index (χ0n) is 26.3. The number of rotatable bonds is 17. The van der Waals surface area contributed by atoms with Gasteiger partial charge in [0.15, 0.2) is 5.96 Å². The first-order valence-corrected chi connectivity index (χ1v) is 15.2. The topological polar surface area (TPSA) is 261 Å². The standard InChI is InChI=1S/C30H49N9O6/c1-17(2)15-22(25(32)41)37-27(43)21(11-7-13-35-30(33)34)36-28(44)23-12-8-14-39(23)29(45)24(18(3)40)38-26(42)20(31)16-19-9-5-4-6-10-19/h4-6,9-10,17-18,20-24,40H,7-8,11-16,31H2,1-3H3,(H2,32,41)(H,36,44)(H,37,43)(H,38,42)(H4,33,34,35)/t18-,20+,21+,22+,23+,24+/m1/s1. The summed E-state index contributed by atoms with van der Waals surface area (Å²) in [6.45, 7) is 5.51. The Hall–Kier alpha value is -4.24. The van der Waals surface area contributed by atoms with E-state index < -0.39 is 65.8 Å². The lowest BCUT2D eigenvalue weighted by Gasteiger charge is -2.31. The van der Waals surface area contributed by atoms with Gasteiger partial charge in [-0.1, -0.05) is 44.2 Å². The number of aliphatic imine (C=N–C) groups is 1. The molecule has 0 aliphatic carbocycles. The number of carbonyl (C=O) groups is 5. The highest BCUT2D eigenvalue weighted by Gasteiger charge is 2.40. The Kier molecular flexibility index (Phi) is 14.7. The van der Waals surface area contributed by atoms with Crippen LogP contribution in [0, 0.1) is 5.92 Å². The van der Waals surface area contributed by atoms with Crippen LogP contribution in [0.15, 0.2) is 35.3 Å². The molecule has 0 bridgehead atoms. The van der Waals surface area contributed by atoms with E-state index in [2.05, 4.69) is 20.9 Å². The molecule has 0 spiro atoms. The molecular weight excluding hydrogens is 582 g/mol. The van der Waals surface area contributed by atoms with Gasteiger partial charge < -0.3 is 48.9 Å². The fourth-order valence-corrected chi connectivity index (χ4v) is 5.12. The molecule has 0 aromatic heterocycles. The Morgan fingerprint density at radius 1 is 0.978 bits per heavy atom. The van der Waals surface area contributed by atoms with Gasteiger partial charge in [-0.05, 0) is 56.9 Å². The zero-order valence-corrected chi connectivity index (χ0v) is 26.3. The van der Waals surface area contributed by atoms with E-state index in [-0.39, 0.29) is 37.8 Å². The zero-order chi connectivity index (χ0) is 33.7. The van der Waals surface area contributed by atoms with Crippen molar-refractivity contribution in [2.45, 2.75) is 95.6 Å². The number of aliphatic hydroxyl groups is 1. The van der Waals surface area contributed by atoms with Crippen LogP contribution in [0.5, 0.6) is 0 Å². The third kappa shape index (κ3) is 12.0. The van der Waals surface area contributed by atoms with Crippen LogP contribution in [0.3, 0.4) is 0 Å². The number of nitrogens with one attached hydrogen (secondary N) is 3. The molecule has 12 N–H and O–H groups in total. The molecule has 5 amide bonds. The van der Waals surface area contributed by atoms with Crippen LogP contribution in [-0.2, 0) is 30.4 Å². The van der Waals surface area contributed by atoms with Crippen LogP contribution in [0.25, 0.3) is 0 Å². The van der Waals surface area contributed by atoms with Crippen molar-refractivity contribution in [1.29, 1.82) is 0 Å². The number of hydrogen-bond donors (Lipinski definition) is 8. The van der Waals surface area contributed by atoms with E-state index in [0.717, 1.165) is 5.56 Å². The summed E-state index contributed by atoms with van der Waals surface area (Å²) in [4.78, 5) is 70.4. The van der Waals surface area contributed by atoms with Crippen LogP contribution in [0.4, 0.5) is 0 Å². The van der Waals surface area contributed by atoms with Gasteiger partial charge in [-0.15, -0.1) is 0 Å². The monoisotopic (exact) mass is 631 g/mol. The third-order valence-corrected chi connectivity index (χ3v) is 7.47. The average molecular weight is 632 g/mol. The summed E-state index contributed by atoms with van der Waals surface area (Å²) in [6, 6.07) is 3.81. The predicted octanol–water partition coefficient (Wildman–Crippen LogP) is -2.03. The SMILES string of the molecule is CC(C)C[C@H](NC(=O)[C@H](CCCN=C(N)N)NC(=O)[C@@H]1CCCN1C(=O)[C@@H](NC(=O)[C@@H](N)Cc1ccccc1)[C@@H](C)O)C(N)=O. The lowest BCUT2D eigenvalue weighted by Crippen LogP contribution is -2.60. The smallest absolute Gasteiger partial charge is 0.248 e. The molecule has 1 fully saturated rings. The number of nitrogens with zero attached hydrogens (tertiary/aromatic N) is 2. The van der Waals surface area contributed by atoms with E-state index in [1.807, 2.05) is 44.2 Å². The van der Waals surface area contributed by atoms with Gasteiger partial charge in [-0.3, -0.25) is 29.0 Å². The normalized spacial score (nSPS) is 17.8. The van der Waals surface area contributed by atoms with E-state index in [9.17, 15) is 29.1 Å². The average Bonchev–Trinajstić information content (AvgIpc) is 3.46. The molecule has 1 saturated heterocycles. The minimum atomic E-state index is -1.35. The third-order valence-electron chi connectivity index (χ3n) is 7.47. The maximum absolute atomic E-state index is 13.6. The van der Waals surface area contributed by atoms with Crippen LogP contribution in [0.1, 0.15) is 58.4 Å². The second kappa shape index (κ2) is 17.9. The molecule has 0 unspecified atom stereocenters. The van der Waals surface area contributed by atoms with Gasteiger partial charge in [0.05, 0.1) is 12.1 Å². The lowest BCUT2D eigenvalue weighted by molar-refractivity contribution is -0.144. The fourth-order valence-electron chi connectivity index (χ4n) is 5.12. The molecular formula is C30H49N9O6. The van der Waals surface area contributed by atoms with Crippen molar-refractivity contribution in [1.82, 2.24) is 20.9 Å². The van der Waals surface area contributed by atoms with Crippen molar-refractivity contribution >= 4 is 35.5 Å². The molecule has 15 heteroatoms. The maximum atomic E-state index is 13.6. The van der Waals surface area contributed by atoms with E-state index in [1.165, 1.54) is 11.8 Å². The molecule has 0 saturated carbocycles. The van der Waals surface area contributed by atoms with Crippen LogP contribution >= 0.6 is 0 Å². The van der Waals surface area contributed by atoms with E-state index in [4.69, 9.17) is 22.9 Å². The number of primary amides is 1. The minimum absolute atomic E-state index is 0.0611. The van der Waals surface area contributed by atoms with Gasteiger partial charge in [0.25, 0.3) is 0 Å². The first-order valence-electron chi connectivity index (χ1n) is 15.2. The number of carbonyl (C=O) groups excluding carboxylic acids is 5. The summed E-state index contributed by atoms with van der Waals surface area (Å²) in [5.74, 6) is -3.25. The molecule has 15 nitrogen and oxygen atoms in total. The number of likely N-dealkylation sites (tertiary alicyclic amines) is 1. The van der Waals surface area contributed by atoms with Crippen LogP contribution in [0.2, 0.25) is 0 Å². The number of aliphatic hydroxyl groups excluding tert-OH is 1. The highest BCUT2D eigenvalue weighted by atomic mass is 16.3. The van der Waals surface area contributed by atoms with E-state index in [0.29, 0.717) is 25.7 Å². The Bertz CT molecular complexity index is 1190. The van der Waals surface area contributed by atoms with Gasteiger partial charge in [-0.2, -0.15) is 0 Å². The molecule has 1 heterocycles. The molecule has 1 aliphatic rings. The summed E-state index contributed by atoms with van der Waals surface area (Å²) in [7, 11) is 0. The second-order valence-electron chi connectivity index (χ2n) is 11.8. The van der Waals surface area contributed by atoms with Crippen molar-refractivity contribution in [3.05, 3.63) is 35.9 Å². The Morgan fingerprint density at radius 2 is 1.64 bits per heavy atom. The Labute approximate surface area is 263 Å². The number of benzene rings is 1. The van der Waals surface area contributed by atoms with Gasteiger partial charge in [-0.25, -0.2) is 0 Å². The first kappa shape index (κ1) is 36.9. The molecule has 2 rings (SSSR count). The van der Waals surface area contributed by atoms with Gasteiger partial charge in [0.2, 0.25) is 29.5 Å². The van der Waals surface area contributed by atoms with E-state index in [1.54, 1.807) is 0 Å². The van der Waals surface area contributed by atoms with Gasteiger partial charge >= 0.3 is 0 Å². The quantitative estimate of drug-likeness (QED) is 0.0534. The van der Waals surface area contributed by atoms with Gasteiger partial charge in [0.1, 0.15) is 24.2 Å². The molecule has 1 aromatic rings. The number of guanidine groups is 1. The van der Waals surface area contributed by atoms with Crippen molar-refractivity contribution in [3.8, 4) is 0 Å². The van der Waals surface area contributed by atoms with Crippen LogP contribution < -0.4 is 38.9 Å². The summed E-state index contributed by atoms with van der Waals surface area (Å²) in [5.41, 5.74) is 23.2. The predicted molar refractivity (Wildman–Crippen MR) is 169 cm³/mol. The molecule has 250 valence electrons. The minimum Gasteiger partial charge on any atom is -0.391 e. The number of hydrogen-bond acceptors (Lipinski definition) is 8. The van der Waals surface area contributed by atoms with Crippen molar-refractivity contribution in [2.75, 3.05) is 13.1 Å². The summed E-state index contributed by atoms with van der Waals surface area (Å²) >= 11 is 0. The largest absolute Gasteiger partial charge is 0.391 e. The Morgan fingerprint density at radius 3 is 2.22 bits per heavy atom. The second-order valence-corrected chi connectivity index (χ2v) is 11.8. The molecule has 6 atom stereocenters. The summed E-state index contributed by atoms with van der Waals surface area (Å²) < 4.78 is 0. The molecule has 1 aliphatic heterocycles. The maximum Gasteiger partial charge on any atom is 0.248 e. The fraction of sp³-hybridized carbons (Fsp3) is 0.600. The molecule has 1 aromatic carbocycles.